The van der Waals surface area contributed by atoms with Gasteiger partial charge in [-0.05, 0) is 19.1 Å². The van der Waals surface area contributed by atoms with Crippen molar-refractivity contribution in [3.8, 4) is 0 Å². The van der Waals surface area contributed by atoms with Gasteiger partial charge in [-0.15, -0.1) is 10.2 Å². The van der Waals surface area contributed by atoms with Gasteiger partial charge in [-0.1, -0.05) is 23.1 Å². The topological polar surface area (TPSA) is 95.9 Å². The van der Waals surface area contributed by atoms with Crippen molar-refractivity contribution in [1.82, 2.24) is 15.2 Å². The van der Waals surface area contributed by atoms with Gasteiger partial charge in [0.15, 0.2) is 4.34 Å². The van der Waals surface area contributed by atoms with Crippen molar-refractivity contribution in [2.24, 2.45) is 0 Å². The molecule has 9 heteroatoms. The van der Waals surface area contributed by atoms with Crippen LogP contribution >= 0.6 is 23.1 Å². The molecular formula is C13H8FN3O3S2. The second kappa shape index (κ2) is 5.50. The summed E-state index contributed by atoms with van der Waals surface area (Å²) in [5, 5.41) is 17.4. The molecule has 0 saturated heterocycles. The first-order chi connectivity index (χ1) is 10.5. The second-order valence-electron chi connectivity index (χ2n) is 4.35. The first kappa shape index (κ1) is 14.7. The zero-order chi connectivity index (χ0) is 15.9. The van der Waals surface area contributed by atoms with Gasteiger partial charge in [0.05, 0.1) is 10.4 Å². The van der Waals surface area contributed by atoms with Crippen LogP contribution in [0.4, 0.5) is 4.39 Å². The number of aromatic amines is 1. The number of hydrogen-bond donors (Lipinski definition) is 2. The van der Waals surface area contributed by atoms with Gasteiger partial charge >= 0.3 is 5.97 Å². The molecule has 2 N–H and O–H groups in total. The molecule has 2 aromatic heterocycles. The number of benzene rings is 1. The van der Waals surface area contributed by atoms with Crippen LogP contribution < -0.4 is 5.43 Å². The Balaban J connectivity index is 2.11. The largest absolute Gasteiger partial charge is 0.477 e. The van der Waals surface area contributed by atoms with Crippen LogP contribution in [-0.4, -0.2) is 26.3 Å². The summed E-state index contributed by atoms with van der Waals surface area (Å²) in [4.78, 5) is 25.9. The van der Waals surface area contributed by atoms with E-state index in [1.54, 1.807) is 6.92 Å². The summed E-state index contributed by atoms with van der Waals surface area (Å²) in [7, 11) is 0. The molecule has 0 spiro atoms. The summed E-state index contributed by atoms with van der Waals surface area (Å²) < 4.78 is 14.7. The van der Waals surface area contributed by atoms with E-state index in [-0.39, 0.29) is 10.3 Å². The van der Waals surface area contributed by atoms with Gasteiger partial charge in [-0.3, -0.25) is 4.79 Å². The summed E-state index contributed by atoms with van der Waals surface area (Å²) >= 11 is 2.43. The van der Waals surface area contributed by atoms with Crippen LogP contribution in [0.3, 0.4) is 0 Å². The maximum Gasteiger partial charge on any atom is 0.341 e. The van der Waals surface area contributed by atoms with Crippen LogP contribution in [0.2, 0.25) is 0 Å². The van der Waals surface area contributed by atoms with E-state index in [0.717, 1.165) is 29.0 Å². The Hall–Kier alpha value is -2.26. The van der Waals surface area contributed by atoms with Gasteiger partial charge in [0, 0.05) is 11.6 Å². The molecule has 1 aromatic carbocycles. The number of aromatic carboxylic acids is 1. The fourth-order valence-corrected chi connectivity index (χ4v) is 3.69. The highest BCUT2D eigenvalue weighted by Gasteiger charge is 2.15. The van der Waals surface area contributed by atoms with Crippen LogP contribution in [0.15, 0.2) is 32.4 Å². The number of halogens is 1. The lowest BCUT2D eigenvalue weighted by atomic mass is 10.1. The number of carboxylic acid groups (broad SMARTS) is 1. The van der Waals surface area contributed by atoms with Crippen molar-refractivity contribution in [1.29, 1.82) is 0 Å². The molecule has 0 saturated carbocycles. The predicted molar refractivity (Wildman–Crippen MR) is 80.3 cm³/mol. The Morgan fingerprint density at radius 3 is 2.82 bits per heavy atom. The van der Waals surface area contributed by atoms with Crippen molar-refractivity contribution in [3.63, 3.8) is 0 Å². The molecular weight excluding hydrogens is 329 g/mol. The van der Waals surface area contributed by atoms with Gasteiger partial charge < -0.3 is 10.1 Å². The lowest BCUT2D eigenvalue weighted by Crippen LogP contribution is -2.15. The molecule has 2 heterocycles. The van der Waals surface area contributed by atoms with Crippen molar-refractivity contribution < 1.29 is 14.3 Å². The molecule has 0 aliphatic carbocycles. The SMILES string of the molecule is Cc1nnc(Sc2cc3[nH]cc(C(=O)O)c(=O)c3cc2F)s1. The summed E-state index contributed by atoms with van der Waals surface area (Å²) in [6.45, 7) is 1.80. The van der Waals surface area contributed by atoms with Crippen molar-refractivity contribution in [3.05, 3.63) is 44.9 Å². The minimum atomic E-state index is -1.36. The minimum absolute atomic E-state index is 0.00445. The third-order valence-electron chi connectivity index (χ3n) is 2.87. The van der Waals surface area contributed by atoms with Gasteiger partial charge in [0.1, 0.15) is 16.4 Å². The molecule has 0 amide bonds. The molecule has 0 aliphatic rings. The fourth-order valence-electron chi connectivity index (χ4n) is 1.87. The lowest BCUT2D eigenvalue weighted by Gasteiger charge is -2.04. The first-order valence-electron chi connectivity index (χ1n) is 6.02. The molecule has 0 bridgehead atoms. The zero-order valence-electron chi connectivity index (χ0n) is 11.1. The monoisotopic (exact) mass is 337 g/mol. The van der Waals surface area contributed by atoms with Crippen LogP contribution in [0.1, 0.15) is 15.4 Å². The number of hydrogen-bond acceptors (Lipinski definition) is 6. The van der Waals surface area contributed by atoms with E-state index >= 15 is 0 Å². The number of fused-ring (bicyclic) bond motifs is 1. The number of carboxylic acids is 1. The van der Waals surface area contributed by atoms with Gasteiger partial charge in [0.25, 0.3) is 0 Å². The van der Waals surface area contributed by atoms with Crippen molar-refractivity contribution >= 4 is 40.0 Å². The van der Waals surface area contributed by atoms with Crippen molar-refractivity contribution in [2.75, 3.05) is 0 Å². The molecule has 0 aliphatic heterocycles. The standard InChI is InChI=1S/C13H8FN3O3S2/c1-5-16-17-13(21-5)22-10-3-9-6(2-8(10)14)11(18)7(4-15-9)12(19)20/h2-4H,1H3,(H,15,18)(H,19,20). The number of carbonyl (C=O) groups is 1. The molecule has 22 heavy (non-hydrogen) atoms. The van der Waals surface area contributed by atoms with Crippen LogP contribution in [0, 0.1) is 12.7 Å². The number of aryl methyl sites for hydroxylation is 1. The van der Waals surface area contributed by atoms with E-state index in [9.17, 15) is 14.0 Å². The molecule has 112 valence electrons. The number of pyridine rings is 1. The number of nitrogens with one attached hydrogen (secondary N) is 1. The van der Waals surface area contributed by atoms with E-state index in [2.05, 4.69) is 15.2 Å². The van der Waals surface area contributed by atoms with E-state index in [0.29, 0.717) is 9.86 Å². The molecule has 0 atom stereocenters. The Morgan fingerprint density at radius 2 is 2.18 bits per heavy atom. The van der Waals surface area contributed by atoms with E-state index in [4.69, 9.17) is 5.11 Å². The average Bonchev–Trinajstić information content (AvgIpc) is 2.86. The van der Waals surface area contributed by atoms with Gasteiger partial charge in [0.2, 0.25) is 5.43 Å². The summed E-state index contributed by atoms with van der Waals surface area (Å²) in [5.74, 6) is -1.97. The molecule has 0 fully saturated rings. The van der Waals surface area contributed by atoms with Crippen LogP contribution in [-0.2, 0) is 0 Å². The average molecular weight is 337 g/mol. The summed E-state index contributed by atoms with van der Waals surface area (Å²) in [6.07, 6.45) is 1.11. The zero-order valence-corrected chi connectivity index (χ0v) is 12.7. The highest BCUT2D eigenvalue weighted by molar-refractivity contribution is 8.01. The van der Waals surface area contributed by atoms with Gasteiger partial charge in [-0.25, -0.2) is 9.18 Å². The lowest BCUT2D eigenvalue weighted by molar-refractivity contribution is 0.0695. The van der Waals surface area contributed by atoms with E-state index < -0.39 is 22.8 Å². The maximum absolute atomic E-state index is 14.2. The summed E-state index contributed by atoms with van der Waals surface area (Å²) in [6, 6.07) is 2.50. The Morgan fingerprint density at radius 1 is 1.41 bits per heavy atom. The molecule has 6 nitrogen and oxygen atoms in total. The smallest absolute Gasteiger partial charge is 0.341 e. The molecule has 3 aromatic rings. The van der Waals surface area contributed by atoms with E-state index in [1.165, 1.54) is 17.4 Å². The Labute approximate surface area is 131 Å². The normalized spacial score (nSPS) is 11.0. The predicted octanol–water partition coefficient (Wildman–Crippen LogP) is 2.68. The summed E-state index contributed by atoms with van der Waals surface area (Å²) in [5.41, 5.74) is -0.782. The molecule has 3 rings (SSSR count). The second-order valence-corrected chi connectivity index (χ2v) is 6.82. The van der Waals surface area contributed by atoms with Crippen molar-refractivity contribution in [2.45, 2.75) is 16.2 Å². The number of H-pyrrole nitrogens is 1. The molecule has 0 radical (unpaired) electrons. The Bertz CT molecular complexity index is 951. The maximum atomic E-state index is 14.2. The van der Waals surface area contributed by atoms with Crippen LogP contribution in [0.5, 0.6) is 0 Å². The Kier molecular flexibility index (Phi) is 3.67. The number of aromatic nitrogens is 3. The fraction of sp³-hybridized carbons (Fsp3) is 0.0769. The quantitative estimate of drug-likeness (QED) is 0.763. The van der Waals surface area contributed by atoms with Crippen LogP contribution in [0.25, 0.3) is 10.9 Å². The highest BCUT2D eigenvalue weighted by Crippen LogP contribution is 2.33. The third-order valence-corrected chi connectivity index (χ3v) is 4.79. The highest BCUT2D eigenvalue weighted by atomic mass is 32.2. The van der Waals surface area contributed by atoms with Gasteiger partial charge in [-0.2, -0.15) is 0 Å². The first-order valence-corrected chi connectivity index (χ1v) is 7.65. The number of rotatable bonds is 3. The third kappa shape index (κ3) is 2.60. The number of nitrogens with zero attached hydrogens (tertiary/aromatic N) is 2. The molecule has 0 unspecified atom stereocenters. The minimum Gasteiger partial charge on any atom is -0.477 e. The van der Waals surface area contributed by atoms with E-state index in [1.807, 2.05) is 0 Å².